The van der Waals surface area contributed by atoms with E-state index in [1.54, 1.807) is 12.3 Å². The Morgan fingerprint density at radius 1 is 1.71 bits per heavy atom. The normalized spacial score (nSPS) is 20.3. The summed E-state index contributed by atoms with van der Waals surface area (Å²) >= 11 is 9.30. The Balaban J connectivity index is 2.33. The first-order chi connectivity index (χ1) is 8.13. The molecule has 1 aliphatic rings. The number of nitrogens with zero attached hydrogens (tertiary/aromatic N) is 2. The third-order valence-electron chi connectivity index (χ3n) is 2.78. The maximum atomic E-state index is 11.8. The van der Waals surface area contributed by atoms with Gasteiger partial charge in [0.1, 0.15) is 11.9 Å². The van der Waals surface area contributed by atoms with E-state index in [9.17, 15) is 4.79 Å². The summed E-state index contributed by atoms with van der Waals surface area (Å²) in [5.41, 5.74) is 0. The zero-order valence-corrected chi connectivity index (χ0v) is 11.8. The van der Waals surface area contributed by atoms with E-state index in [-0.39, 0.29) is 11.9 Å². The van der Waals surface area contributed by atoms with Crippen molar-refractivity contribution in [2.45, 2.75) is 19.4 Å². The quantitative estimate of drug-likeness (QED) is 0.909. The number of piperazine rings is 1. The SMILES string of the molecule is CCC1C(=O)NCCN1c1ncc(Cl)cc1Br. The van der Waals surface area contributed by atoms with Crippen LogP contribution in [-0.2, 0) is 4.79 Å². The molecule has 0 radical (unpaired) electrons. The van der Waals surface area contributed by atoms with Crippen LogP contribution >= 0.6 is 27.5 Å². The summed E-state index contributed by atoms with van der Waals surface area (Å²) in [6, 6.07) is 1.64. The maximum absolute atomic E-state index is 11.8. The zero-order valence-electron chi connectivity index (χ0n) is 9.41. The molecule has 1 aromatic rings. The fourth-order valence-corrected chi connectivity index (χ4v) is 2.86. The van der Waals surface area contributed by atoms with Gasteiger partial charge in [-0.1, -0.05) is 18.5 Å². The highest BCUT2D eigenvalue weighted by Gasteiger charge is 2.29. The van der Waals surface area contributed by atoms with Gasteiger partial charge >= 0.3 is 0 Å². The van der Waals surface area contributed by atoms with Gasteiger partial charge in [-0.05, 0) is 28.4 Å². The van der Waals surface area contributed by atoms with E-state index in [1.807, 2.05) is 11.8 Å². The van der Waals surface area contributed by atoms with Crippen molar-refractivity contribution in [2.24, 2.45) is 0 Å². The smallest absolute Gasteiger partial charge is 0.242 e. The molecule has 0 aliphatic carbocycles. The number of carbonyl (C=O) groups is 1. The van der Waals surface area contributed by atoms with E-state index in [0.29, 0.717) is 11.6 Å². The molecular formula is C11H13BrClN3O. The van der Waals surface area contributed by atoms with Gasteiger partial charge in [0.2, 0.25) is 5.91 Å². The summed E-state index contributed by atoms with van der Waals surface area (Å²) in [5.74, 6) is 0.832. The molecule has 1 fully saturated rings. The van der Waals surface area contributed by atoms with Gasteiger partial charge in [0.15, 0.2) is 0 Å². The molecule has 1 unspecified atom stereocenters. The summed E-state index contributed by atoms with van der Waals surface area (Å²) in [6.07, 6.45) is 2.35. The molecule has 0 saturated carbocycles. The van der Waals surface area contributed by atoms with Crippen LogP contribution in [0.4, 0.5) is 5.82 Å². The molecule has 4 nitrogen and oxygen atoms in total. The minimum Gasteiger partial charge on any atom is -0.353 e. The largest absolute Gasteiger partial charge is 0.353 e. The maximum Gasteiger partial charge on any atom is 0.242 e. The highest BCUT2D eigenvalue weighted by Crippen LogP contribution is 2.29. The van der Waals surface area contributed by atoms with Crippen LogP contribution in [0.2, 0.25) is 5.02 Å². The van der Waals surface area contributed by atoms with Crippen molar-refractivity contribution in [2.75, 3.05) is 18.0 Å². The summed E-state index contributed by atoms with van der Waals surface area (Å²) in [5, 5.41) is 3.44. The molecule has 0 bridgehead atoms. The van der Waals surface area contributed by atoms with Crippen LogP contribution in [0.5, 0.6) is 0 Å². The van der Waals surface area contributed by atoms with E-state index in [0.717, 1.165) is 23.3 Å². The number of carbonyl (C=O) groups excluding carboxylic acids is 1. The van der Waals surface area contributed by atoms with Crippen LogP contribution in [0.1, 0.15) is 13.3 Å². The number of rotatable bonds is 2. The van der Waals surface area contributed by atoms with Gasteiger partial charge in [-0.2, -0.15) is 0 Å². The number of pyridine rings is 1. The first-order valence-electron chi connectivity index (χ1n) is 5.49. The minimum absolute atomic E-state index is 0.0578. The van der Waals surface area contributed by atoms with Crippen molar-refractivity contribution in [1.29, 1.82) is 0 Å². The highest BCUT2D eigenvalue weighted by atomic mass is 79.9. The summed E-state index contributed by atoms with van der Waals surface area (Å²) in [4.78, 5) is 18.1. The fraction of sp³-hybridized carbons (Fsp3) is 0.455. The van der Waals surface area contributed by atoms with Crippen LogP contribution in [0.3, 0.4) is 0 Å². The first-order valence-corrected chi connectivity index (χ1v) is 6.66. The van der Waals surface area contributed by atoms with E-state index in [1.165, 1.54) is 0 Å². The molecule has 2 rings (SSSR count). The molecule has 1 N–H and O–H groups in total. The average Bonchev–Trinajstić information content (AvgIpc) is 2.29. The minimum atomic E-state index is -0.159. The van der Waals surface area contributed by atoms with Crippen molar-refractivity contribution in [3.05, 3.63) is 21.8 Å². The standard InChI is InChI=1S/C11H13BrClN3O/c1-2-9-11(17)14-3-4-16(9)10-8(12)5-7(13)6-15-10/h5-6,9H,2-4H2,1H3,(H,14,17). The van der Waals surface area contributed by atoms with Crippen LogP contribution in [0.15, 0.2) is 16.7 Å². The van der Waals surface area contributed by atoms with Crippen LogP contribution < -0.4 is 10.2 Å². The number of nitrogens with one attached hydrogen (secondary N) is 1. The van der Waals surface area contributed by atoms with Crippen molar-refractivity contribution in [1.82, 2.24) is 10.3 Å². The summed E-state index contributed by atoms with van der Waals surface area (Å²) in [7, 11) is 0. The molecule has 1 aliphatic heterocycles. The monoisotopic (exact) mass is 317 g/mol. The predicted octanol–water partition coefficient (Wildman–Crippen LogP) is 2.21. The van der Waals surface area contributed by atoms with Crippen molar-refractivity contribution >= 4 is 39.3 Å². The van der Waals surface area contributed by atoms with Gasteiger partial charge < -0.3 is 10.2 Å². The number of aromatic nitrogens is 1. The number of halogens is 2. The molecule has 0 aromatic carbocycles. The summed E-state index contributed by atoms with van der Waals surface area (Å²) in [6.45, 7) is 3.40. The van der Waals surface area contributed by atoms with E-state index in [4.69, 9.17) is 11.6 Å². The molecule has 6 heteroatoms. The number of hydrogen-bond donors (Lipinski definition) is 1. The van der Waals surface area contributed by atoms with Crippen molar-refractivity contribution < 1.29 is 4.79 Å². The average molecular weight is 319 g/mol. The molecule has 1 amide bonds. The second-order valence-corrected chi connectivity index (χ2v) is 5.16. The lowest BCUT2D eigenvalue weighted by Gasteiger charge is -2.35. The lowest BCUT2D eigenvalue weighted by Crippen LogP contribution is -2.55. The Hall–Kier alpha value is -0.810. The molecule has 1 saturated heterocycles. The van der Waals surface area contributed by atoms with E-state index in [2.05, 4.69) is 26.2 Å². The third kappa shape index (κ3) is 2.55. The third-order valence-corrected chi connectivity index (χ3v) is 3.57. The van der Waals surface area contributed by atoms with Gasteiger partial charge in [-0.25, -0.2) is 4.98 Å². The first kappa shape index (κ1) is 12.6. The van der Waals surface area contributed by atoms with Gasteiger partial charge in [-0.15, -0.1) is 0 Å². The molecule has 92 valence electrons. The summed E-state index contributed by atoms with van der Waals surface area (Å²) < 4.78 is 0.818. The van der Waals surface area contributed by atoms with Crippen LogP contribution in [0, 0.1) is 0 Å². The van der Waals surface area contributed by atoms with E-state index < -0.39 is 0 Å². The van der Waals surface area contributed by atoms with Crippen LogP contribution in [0.25, 0.3) is 0 Å². The molecule has 1 aromatic heterocycles. The van der Waals surface area contributed by atoms with Gasteiger partial charge in [-0.3, -0.25) is 4.79 Å². The molecular weight excluding hydrogens is 305 g/mol. The molecule has 0 spiro atoms. The molecule has 17 heavy (non-hydrogen) atoms. The molecule has 1 atom stereocenters. The molecule has 2 heterocycles. The van der Waals surface area contributed by atoms with Gasteiger partial charge in [0.05, 0.1) is 9.50 Å². The van der Waals surface area contributed by atoms with Crippen molar-refractivity contribution in [3.63, 3.8) is 0 Å². The number of anilines is 1. The van der Waals surface area contributed by atoms with E-state index >= 15 is 0 Å². The lowest BCUT2D eigenvalue weighted by molar-refractivity contribution is -0.123. The Bertz CT molecular complexity index is 441. The Kier molecular flexibility index (Phi) is 3.89. The Morgan fingerprint density at radius 3 is 3.12 bits per heavy atom. The van der Waals surface area contributed by atoms with Crippen molar-refractivity contribution in [3.8, 4) is 0 Å². The van der Waals surface area contributed by atoms with Gasteiger partial charge in [0, 0.05) is 19.3 Å². The van der Waals surface area contributed by atoms with Crippen LogP contribution in [-0.4, -0.2) is 30.0 Å². The number of hydrogen-bond acceptors (Lipinski definition) is 3. The predicted molar refractivity (Wildman–Crippen MR) is 71.4 cm³/mol. The second kappa shape index (κ2) is 5.23. The highest BCUT2D eigenvalue weighted by molar-refractivity contribution is 9.10. The number of amides is 1. The fourth-order valence-electron chi connectivity index (χ4n) is 1.99. The van der Waals surface area contributed by atoms with Gasteiger partial charge in [0.25, 0.3) is 0 Å². The Labute approximate surface area is 113 Å². The Morgan fingerprint density at radius 2 is 2.47 bits per heavy atom. The lowest BCUT2D eigenvalue weighted by atomic mass is 10.1. The topological polar surface area (TPSA) is 45.2 Å². The second-order valence-electron chi connectivity index (χ2n) is 3.87. The zero-order chi connectivity index (χ0) is 12.4.